The number of anilines is 1. The molecule has 0 heterocycles. The first-order valence-corrected chi connectivity index (χ1v) is 4.83. The number of rotatable bonds is 1. The summed E-state index contributed by atoms with van der Waals surface area (Å²) in [5.74, 6) is -0.592. The van der Waals surface area contributed by atoms with Crippen molar-refractivity contribution in [3.63, 3.8) is 0 Å². The van der Waals surface area contributed by atoms with Gasteiger partial charge in [-0.05, 0) is 32.9 Å². The number of nitrogens with one attached hydrogen (secondary N) is 1. The molecule has 0 atom stereocenters. The van der Waals surface area contributed by atoms with Crippen molar-refractivity contribution < 1.29 is 13.9 Å². The van der Waals surface area contributed by atoms with Crippen LogP contribution < -0.4 is 10.8 Å². The fraction of sp³-hybridized carbons (Fsp3) is 0.364. The van der Waals surface area contributed by atoms with E-state index in [-0.39, 0.29) is 5.69 Å². The highest BCUT2D eigenvalue weighted by atomic mass is 19.1. The van der Waals surface area contributed by atoms with E-state index in [2.05, 4.69) is 5.32 Å². The first-order valence-electron chi connectivity index (χ1n) is 4.83. The number of hydrogen-bond donors (Lipinski definition) is 1. The Bertz CT molecular complexity index is 401. The summed E-state index contributed by atoms with van der Waals surface area (Å²) < 4.78 is 18.3. The average Bonchev–Trinajstić information content (AvgIpc) is 2.06. The third-order valence-electron chi connectivity index (χ3n) is 1.63. The summed E-state index contributed by atoms with van der Waals surface area (Å²) in [4.78, 5) is 11.3. The van der Waals surface area contributed by atoms with Gasteiger partial charge in [-0.1, -0.05) is 11.5 Å². The summed E-state index contributed by atoms with van der Waals surface area (Å²) in [6.07, 6.45) is -0.698. The Labute approximate surface area is 95.4 Å². The zero-order valence-electron chi connectivity index (χ0n) is 9.50. The maximum Gasteiger partial charge on any atom is 0.412 e. The Morgan fingerprint density at radius 3 is 2.56 bits per heavy atom. The predicted molar refractivity (Wildman–Crippen MR) is 61.6 cm³/mol. The van der Waals surface area contributed by atoms with Crippen LogP contribution >= 0.6 is 0 Å². The average molecular weight is 221 g/mol. The van der Waals surface area contributed by atoms with Crippen LogP contribution in [0.3, 0.4) is 0 Å². The molecule has 1 rings (SSSR count). The van der Waals surface area contributed by atoms with Crippen LogP contribution in [0.5, 0.6) is 0 Å². The number of carbonyl (C=O) groups excluding carboxylic acids is 1. The van der Waals surface area contributed by atoms with Gasteiger partial charge >= 0.3 is 6.09 Å². The van der Waals surface area contributed by atoms with Crippen LogP contribution in [0.15, 0.2) is 18.2 Å². The lowest BCUT2D eigenvalue weighted by Gasteiger charge is -2.19. The Kier molecular flexibility index (Phi) is 3.57. The summed E-state index contributed by atoms with van der Waals surface area (Å²) in [7, 11) is 5.38. The van der Waals surface area contributed by atoms with E-state index in [1.807, 2.05) is 0 Å². The van der Waals surface area contributed by atoms with Gasteiger partial charge in [-0.3, -0.25) is 5.32 Å². The maximum atomic E-state index is 13.3. The summed E-state index contributed by atoms with van der Waals surface area (Å²) in [6.45, 7) is 5.18. The molecule has 0 saturated heterocycles. The second-order valence-electron chi connectivity index (χ2n) is 4.37. The van der Waals surface area contributed by atoms with Crippen molar-refractivity contribution >= 4 is 25.1 Å². The van der Waals surface area contributed by atoms with Gasteiger partial charge in [0, 0.05) is 0 Å². The monoisotopic (exact) mass is 221 g/mol. The SMILES string of the molecule is [B]c1ccc(NC(=O)OC(C)(C)C)c(F)c1. The zero-order chi connectivity index (χ0) is 12.3. The molecular weight excluding hydrogens is 208 g/mol. The summed E-state index contributed by atoms with van der Waals surface area (Å²) in [6, 6.07) is 4.01. The minimum atomic E-state index is -0.698. The number of benzene rings is 1. The van der Waals surface area contributed by atoms with Crippen LogP contribution in [0.1, 0.15) is 20.8 Å². The highest BCUT2D eigenvalue weighted by molar-refractivity contribution is 6.32. The molecule has 0 aromatic heterocycles. The predicted octanol–water partition coefficient (Wildman–Crippen LogP) is 1.97. The minimum absolute atomic E-state index is 0.0449. The van der Waals surface area contributed by atoms with E-state index in [9.17, 15) is 9.18 Å². The molecule has 0 spiro atoms. The number of amides is 1. The van der Waals surface area contributed by atoms with E-state index in [1.54, 1.807) is 20.8 Å². The number of carbonyl (C=O) groups is 1. The molecule has 0 saturated carbocycles. The van der Waals surface area contributed by atoms with E-state index in [0.29, 0.717) is 5.46 Å². The molecule has 0 aliphatic carbocycles. The van der Waals surface area contributed by atoms with Gasteiger partial charge in [0.2, 0.25) is 0 Å². The van der Waals surface area contributed by atoms with Gasteiger partial charge in [0.05, 0.1) is 5.69 Å². The summed E-state index contributed by atoms with van der Waals surface area (Å²) in [5.41, 5.74) is -0.273. The van der Waals surface area contributed by atoms with Crippen LogP contribution in [0.4, 0.5) is 14.9 Å². The van der Waals surface area contributed by atoms with E-state index in [4.69, 9.17) is 12.6 Å². The maximum absolute atomic E-state index is 13.3. The molecule has 2 radical (unpaired) electrons. The molecule has 16 heavy (non-hydrogen) atoms. The van der Waals surface area contributed by atoms with Gasteiger partial charge in [-0.2, -0.15) is 0 Å². The van der Waals surface area contributed by atoms with E-state index < -0.39 is 17.5 Å². The molecule has 3 nitrogen and oxygen atoms in total. The molecule has 0 aliphatic rings. The molecule has 1 aromatic carbocycles. The minimum Gasteiger partial charge on any atom is -0.444 e. The van der Waals surface area contributed by atoms with Crippen LogP contribution in [0, 0.1) is 5.82 Å². The molecule has 1 amide bonds. The lowest BCUT2D eigenvalue weighted by atomic mass is 9.96. The second-order valence-corrected chi connectivity index (χ2v) is 4.37. The van der Waals surface area contributed by atoms with Crippen molar-refractivity contribution in [2.75, 3.05) is 5.32 Å². The number of hydrogen-bond acceptors (Lipinski definition) is 2. The molecule has 1 N–H and O–H groups in total. The zero-order valence-corrected chi connectivity index (χ0v) is 9.50. The van der Waals surface area contributed by atoms with Crippen molar-refractivity contribution in [3.8, 4) is 0 Å². The summed E-state index contributed by atoms with van der Waals surface area (Å²) >= 11 is 0. The molecule has 0 bridgehead atoms. The van der Waals surface area contributed by atoms with Crippen LogP contribution in [0.2, 0.25) is 0 Å². The quantitative estimate of drug-likeness (QED) is 0.736. The topological polar surface area (TPSA) is 38.3 Å². The van der Waals surface area contributed by atoms with E-state index in [0.717, 1.165) is 6.07 Å². The van der Waals surface area contributed by atoms with Gasteiger partial charge in [0.15, 0.2) is 0 Å². The largest absolute Gasteiger partial charge is 0.444 e. The van der Waals surface area contributed by atoms with Gasteiger partial charge in [0.25, 0.3) is 0 Å². The van der Waals surface area contributed by atoms with Gasteiger partial charge in [-0.15, -0.1) is 0 Å². The number of halogens is 1. The first-order chi connectivity index (χ1) is 7.28. The van der Waals surface area contributed by atoms with Crippen molar-refractivity contribution in [2.45, 2.75) is 26.4 Å². The van der Waals surface area contributed by atoms with Crippen molar-refractivity contribution in [1.29, 1.82) is 0 Å². The highest BCUT2D eigenvalue weighted by Crippen LogP contribution is 2.14. The fourth-order valence-electron chi connectivity index (χ4n) is 1.05. The van der Waals surface area contributed by atoms with E-state index in [1.165, 1.54) is 12.1 Å². The van der Waals surface area contributed by atoms with Crippen LogP contribution in [-0.2, 0) is 4.74 Å². The third kappa shape index (κ3) is 3.92. The van der Waals surface area contributed by atoms with Gasteiger partial charge in [0.1, 0.15) is 19.3 Å². The molecule has 0 fully saturated rings. The third-order valence-corrected chi connectivity index (χ3v) is 1.63. The van der Waals surface area contributed by atoms with Crippen molar-refractivity contribution in [3.05, 3.63) is 24.0 Å². The van der Waals surface area contributed by atoms with E-state index >= 15 is 0 Å². The molecule has 0 aliphatic heterocycles. The van der Waals surface area contributed by atoms with Crippen molar-refractivity contribution in [2.24, 2.45) is 0 Å². The standard InChI is InChI=1S/C11H13BFNO2/c1-11(2,3)16-10(15)14-9-5-4-7(12)6-8(9)13/h4-6H,1-3H3,(H,14,15). The Morgan fingerprint density at radius 1 is 1.44 bits per heavy atom. The Balaban J connectivity index is 2.70. The van der Waals surface area contributed by atoms with Gasteiger partial charge < -0.3 is 4.74 Å². The first kappa shape index (κ1) is 12.6. The lowest BCUT2D eigenvalue weighted by molar-refractivity contribution is 0.0635. The molecular formula is C11H13BFNO2. The highest BCUT2D eigenvalue weighted by Gasteiger charge is 2.17. The van der Waals surface area contributed by atoms with Crippen LogP contribution in [-0.4, -0.2) is 19.5 Å². The molecule has 1 aromatic rings. The normalized spacial score (nSPS) is 11.0. The smallest absolute Gasteiger partial charge is 0.412 e. The van der Waals surface area contributed by atoms with Crippen molar-refractivity contribution in [1.82, 2.24) is 0 Å². The second kappa shape index (κ2) is 4.55. The Hall–Kier alpha value is -1.52. The molecule has 0 unspecified atom stereocenters. The lowest BCUT2D eigenvalue weighted by Crippen LogP contribution is -2.27. The fourth-order valence-corrected chi connectivity index (χ4v) is 1.05. The molecule has 5 heteroatoms. The van der Waals surface area contributed by atoms with Crippen LogP contribution in [0.25, 0.3) is 0 Å². The Morgan fingerprint density at radius 2 is 2.06 bits per heavy atom. The van der Waals surface area contributed by atoms with Gasteiger partial charge in [-0.25, -0.2) is 9.18 Å². The summed E-state index contributed by atoms with van der Waals surface area (Å²) in [5, 5.41) is 2.30. The number of ether oxygens (including phenoxy) is 1. The molecule has 84 valence electrons.